The third-order valence-electron chi connectivity index (χ3n) is 3.03. The zero-order valence-electron chi connectivity index (χ0n) is 11.0. The van der Waals surface area contributed by atoms with Crippen molar-refractivity contribution in [1.82, 2.24) is 4.98 Å². The first-order valence-electron chi connectivity index (χ1n) is 6.56. The average molecular weight is 277 g/mol. The van der Waals surface area contributed by atoms with Crippen LogP contribution in [0.2, 0.25) is 0 Å². The molecule has 0 aliphatic heterocycles. The fraction of sp³-hybridized carbons (Fsp3) is 0.400. The molecule has 2 rings (SSSR count). The highest BCUT2D eigenvalue weighted by Crippen LogP contribution is 2.22. The molecule has 0 aliphatic carbocycles. The zero-order chi connectivity index (χ0) is 13.7. The molecular formula is C15H19NO2S. The van der Waals surface area contributed by atoms with Gasteiger partial charge >= 0.3 is 0 Å². The van der Waals surface area contributed by atoms with Gasteiger partial charge in [0.2, 0.25) is 0 Å². The zero-order valence-corrected chi connectivity index (χ0v) is 11.8. The van der Waals surface area contributed by atoms with Gasteiger partial charge < -0.3 is 10.2 Å². The molecule has 4 heteroatoms. The van der Waals surface area contributed by atoms with E-state index in [2.05, 4.69) is 4.98 Å². The number of hydrogen-bond acceptors (Lipinski definition) is 4. The van der Waals surface area contributed by atoms with E-state index in [0.717, 1.165) is 22.7 Å². The van der Waals surface area contributed by atoms with Crippen molar-refractivity contribution in [1.29, 1.82) is 0 Å². The monoisotopic (exact) mass is 277 g/mol. The third-order valence-corrected chi connectivity index (χ3v) is 3.90. The smallest absolute Gasteiger partial charge is 0.0959 e. The van der Waals surface area contributed by atoms with Crippen LogP contribution in [-0.4, -0.2) is 27.4 Å². The van der Waals surface area contributed by atoms with Crippen molar-refractivity contribution >= 4 is 11.3 Å². The molecule has 3 nitrogen and oxygen atoms in total. The number of hydrogen-bond donors (Lipinski definition) is 2. The van der Waals surface area contributed by atoms with E-state index < -0.39 is 12.2 Å². The first-order chi connectivity index (χ1) is 9.20. The summed E-state index contributed by atoms with van der Waals surface area (Å²) in [6.45, 7) is 1.99. The van der Waals surface area contributed by atoms with E-state index >= 15 is 0 Å². The first kappa shape index (κ1) is 14.2. The molecule has 2 N–H and O–H groups in total. The molecule has 2 aromatic rings. The van der Waals surface area contributed by atoms with Gasteiger partial charge in [-0.25, -0.2) is 4.98 Å². The Labute approximate surface area is 117 Å². The lowest BCUT2D eigenvalue weighted by Gasteiger charge is -2.15. The quantitative estimate of drug-likeness (QED) is 0.853. The lowest BCUT2D eigenvalue weighted by Crippen LogP contribution is -2.27. The fourth-order valence-corrected chi connectivity index (χ4v) is 2.80. The summed E-state index contributed by atoms with van der Waals surface area (Å²) in [6.07, 6.45) is 0.520. The number of rotatable bonds is 6. The fourth-order valence-electron chi connectivity index (χ4n) is 1.95. The molecular weight excluding hydrogens is 258 g/mol. The summed E-state index contributed by atoms with van der Waals surface area (Å²) in [7, 11) is 0. The summed E-state index contributed by atoms with van der Waals surface area (Å²) in [5.74, 6) is 0. The van der Waals surface area contributed by atoms with E-state index in [1.807, 2.05) is 42.6 Å². The summed E-state index contributed by atoms with van der Waals surface area (Å²) in [6, 6.07) is 9.96. The van der Waals surface area contributed by atoms with Gasteiger partial charge in [0, 0.05) is 17.4 Å². The molecule has 0 spiro atoms. The van der Waals surface area contributed by atoms with Gasteiger partial charge in [-0.1, -0.05) is 43.7 Å². The molecule has 1 aromatic heterocycles. The molecule has 102 valence electrons. The van der Waals surface area contributed by atoms with Crippen molar-refractivity contribution < 1.29 is 10.2 Å². The highest BCUT2D eigenvalue weighted by Gasteiger charge is 2.17. The van der Waals surface area contributed by atoms with E-state index in [0.29, 0.717) is 12.8 Å². The molecule has 0 radical (unpaired) electrons. The number of aromatic nitrogens is 1. The first-order valence-corrected chi connectivity index (χ1v) is 7.44. The van der Waals surface area contributed by atoms with Crippen LogP contribution in [0.5, 0.6) is 0 Å². The molecule has 2 atom stereocenters. The van der Waals surface area contributed by atoms with Crippen LogP contribution < -0.4 is 0 Å². The standard InChI is InChI=1S/C15H19NO2S/c1-2-6-13(17)14(18)9-15-16-12(10-19-15)11-7-4-3-5-8-11/h3-5,7-8,10,13-14,17-18H,2,6,9H2,1H3. The topological polar surface area (TPSA) is 53.4 Å². The SMILES string of the molecule is CCCC(O)C(O)Cc1nc(-c2ccccc2)cs1. The van der Waals surface area contributed by atoms with Crippen molar-refractivity contribution in [2.75, 3.05) is 0 Å². The molecule has 0 fully saturated rings. The molecule has 0 amide bonds. The maximum absolute atomic E-state index is 9.90. The number of nitrogens with zero attached hydrogens (tertiary/aromatic N) is 1. The third kappa shape index (κ3) is 3.86. The van der Waals surface area contributed by atoms with Crippen LogP contribution >= 0.6 is 11.3 Å². The van der Waals surface area contributed by atoms with E-state index in [9.17, 15) is 10.2 Å². The van der Waals surface area contributed by atoms with Crippen LogP contribution in [0.1, 0.15) is 24.8 Å². The van der Waals surface area contributed by atoms with Crippen molar-refractivity contribution in [3.05, 3.63) is 40.7 Å². The Kier molecular flexibility index (Phi) is 5.07. The maximum atomic E-state index is 9.90. The number of aliphatic hydroxyl groups excluding tert-OH is 2. The molecule has 1 aromatic carbocycles. The minimum absolute atomic E-state index is 0.415. The number of aliphatic hydroxyl groups is 2. The lowest BCUT2D eigenvalue weighted by atomic mass is 10.1. The number of benzene rings is 1. The highest BCUT2D eigenvalue weighted by atomic mass is 32.1. The highest BCUT2D eigenvalue weighted by molar-refractivity contribution is 7.09. The van der Waals surface area contributed by atoms with Gasteiger partial charge in [0.1, 0.15) is 0 Å². The van der Waals surface area contributed by atoms with Crippen molar-refractivity contribution in [3.63, 3.8) is 0 Å². The van der Waals surface area contributed by atoms with Crippen molar-refractivity contribution in [3.8, 4) is 11.3 Å². The minimum atomic E-state index is -0.727. The predicted molar refractivity (Wildman–Crippen MR) is 78.2 cm³/mol. The van der Waals surface area contributed by atoms with Gasteiger partial charge in [0.05, 0.1) is 22.9 Å². The lowest BCUT2D eigenvalue weighted by molar-refractivity contribution is 0.0148. The largest absolute Gasteiger partial charge is 0.390 e. The molecule has 1 heterocycles. The summed E-state index contributed by atoms with van der Waals surface area (Å²) in [5, 5.41) is 22.5. The number of thiazole rings is 1. The summed E-state index contributed by atoms with van der Waals surface area (Å²) >= 11 is 1.53. The van der Waals surface area contributed by atoms with Gasteiger partial charge in [-0.3, -0.25) is 0 Å². The second kappa shape index (κ2) is 6.80. The Morgan fingerprint density at radius 1 is 1.16 bits per heavy atom. The second-order valence-corrected chi connectivity index (χ2v) is 5.56. The normalized spacial score (nSPS) is 14.3. The summed E-state index contributed by atoms with van der Waals surface area (Å²) < 4.78 is 0. The van der Waals surface area contributed by atoms with Crippen molar-refractivity contribution in [2.24, 2.45) is 0 Å². The van der Waals surface area contributed by atoms with E-state index in [1.54, 1.807) is 0 Å². The van der Waals surface area contributed by atoms with Gasteiger partial charge in [0.25, 0.3) is 0 Å². The Hall–Kier alpha value is -1.23. The van der Waals surface area contributed by atoms with Crippen LogP contribution in [0.15, 0.2) is 35.7 Å². The molecule has 19 heavy (non-hydrogen) atoms. The molecule has 0 aliphatic rings. The van der Waals surface area contributed by atoms with E-state index in [1.165, 1.54) is 11.3 Å². The van der Waals surface area contributed by atoms with E-state index in [4.69, 9.17) is 0 Å². The van der Waals surface area contributed by atoms with Crippen molar-refractivity contribution in [2.45, 2.75) is 38.4 Å². The van der Waals surface area contributed by atoms with Crippen LogP contribution in [0.3, 0.4) is 0 Å². The second-order valence-electron chi connectivity index (χ2n) is 4.62. The molecule has 0 saturated carbocycles. The van der Waals surface area contributed by atoms with Gasteiger partial charge in [-0.2, -0.15) is 0 Å². The minimum Gasteiger partial charge on any atom is -0.390 e. The van der Waals surface area contributed by atoms with Gasteiger partial charge in [0.15, 0.2) is 0 Å². The van der Waals surface area contributed by atoms with E-state index in [-0.39, 0.29) is 0 Å². The summed E-state index contributed by atoms with van der Waals surface area (Å²) in [4.78, 5) is 4.51. The molecule has 0 bridgehead atoms. The molecule has 0 saturated heterocycles. The van der Waals surface area contributed by atoms with Crippen LogP contribution in [0.25, 0.3) is 11.3 Å². The maximum Gasteiger partial charge on any atom is 0.0959 e. The Morgan fingerprint density at radius 3 is 2.58 bits per heavy atom. The Balaban J connectivity index is 2.02. The van der Waals surface area contributed by atoms with Crippen LogP contribution in [0.4, 0.5) is 0 Å². The average Bonchev–Trinajstić information content (AvgIpc) is 2.88. The predicted octanol–water partition coefficient (Wildman–Crippen LogP) is 2.87. The van der Waals surface area contributed by atoms with Crippen LogP contribution in [0, 0.1) is 0 Å². The van der Waals surface area contributed by atoms with Gasteiger partial charge in [-0.05, 0) is 6.42 Å². The Morgan fingerprint density at radius 2 is 1.89 bits per heavy atom. The summed E-state index contributed by atoms with van der Waals surface area (Å²) in [5.41, 5.74) is 2.01. The van der Waals surface area contributed by atoms with Crippen LogP contribution in [-0.2, 0) is 6.42 Å². The Bertz CT molecular complexity index is 498. The van der Waals surface area contributed by atoms with Gasteiger partial charge in [-0.15, -0.1) is 11.3 Å². The molecule has 2 unspecified atom stereocenters.